The van der Waals surface area contributed by atoms with Crippen LogP contribution < -0.4 is 0 Å². The molecule has 1 aliphatic rings. The maximum Gasteiger partial charge on any atom is 0.134 e. The summed E-state index contributed by atoms with van der Waals surface area (Å²) in [5.74, 6) is -0.0941. The molecule has 1 unspecified atom stereocenters. The van der Waals surface area contributed by atoms with E-state index >= 15 is 4.39 Å². The van der Waals surface area contributed by atoms with Gasteiger partial charge >= 0.3 is 0 Å². The highest BCUT2D eigenvalue weighted by atomic mass is 19.1. The molecule has 0 spiro atoms. The maximum atomic E-state index is 15.4. The van der Waals surface area contributed by atoms with Crippen molar-refractivity contribution < 1.29 is 8.78 Å². The van der Waals surface area contributed by atoms with Gasteiger partial charge in [-0.1, -0.05) is 69.0 Å². The normalized spacial score (nSPS) is 16.2. The number of aryl methyl sites for hydroxylation is 2. The molecule has 0 amide bonds. The van der Waals surface area contributed by atoms with E-state index in [1.54, 1.807) is 6.07 Å². The first-order valence-electron chi connectivity index (χ1n) is 11.1. The number of rotatable bonds is 7. The van der Waals surface area contributed by atoms with Crippen molar-refractivity contribution in [3.8, 4) is 0 Å². The molecule has 1 aliphatic carbocycles. The maximum absolute atomic E-state index is 15.4. The van der Waals surface area contributed by atoms with Crippen LogP contribution in [-0.4, -0.2) is 0 Å². The molecule has 0 heterocycles. The molecule has 152 valence electrons. The Morgan fingerprint density at radius 2 is 1.72 bits per heavy atom. The Kier molecular flexibility index (Phi) is 6.28. The molecule has 0 saturated carbocycles. The Balaban J connectivity index is 1.51. The van der Waals surface area contributed by atoms with Crippen molar-refractivity contribution in [1.82, 2.24) is 0 Å². The molecule has 3 aromatic rings. The molecule has 3 aromatic carbocycles. The molecule has 0 nitrogen and oxygen atoms in total. The van der Waals surface area contributed by atoms with E-state index < -0.39 is 0 Å². The molecule has 0 aromatic heterocycles. The fourth-order valence-electron chi connectivity index (χ4n) is 4.75. The van der Waals surface area contributed by atoms with Crippen LogP contribution in [0.2, 0.25) is 0 Å². The van der Waals surface area contributed by atoms with Crippen LogP contribution in [0.5, 0.6) is 0 Å². The molecule has 0 N–H and O–H groups in total. The summed E-state index contributed by atoms with van der Waals surface area (Å²) in [5.41, 5.74) is 4.33. The summed E-state index contributed by atoms with van der Waals surface area (Å²) in [4.78, 5) is 0. The third kappa shape index (κ3) is 4.52. The summed E-state index contributed by atoms with van der Waals surface area (Å²) in [7, 11) is 0. The first-order valence-corrected chi connectivity index (χ1v) is 11.1. The lowest BCUT2D eigenvalue weighted by Gasteiger charge is -2.25. The van der Waals surface area contributed by atoms with Gasteiger partial charge < -0.3 is 0 Å². The second-order valence-corrected chi connectivity index (χ2v) is 8.54. The average Bonchev–Trinajstić information content (AvgIpc) is 2.73. The zero-order valence-corrected chi connectivity index (χ0v) is 17.3. The Labute approximate surface area is 173 Å². The molecular weight excluding hydrogens is 362 g/mol. The van der Waals surface area contributed by atoms with Gasteiger partial charge in [-0.25, -0.2) is 8.78 Å². The van der Waals surface area contributed by atoms with Crippen molar-refractivity contribution in [2.24, 2.45) is 0 Å². The highest BCUT2D eigenvalue weighted by Gasteiger charge is 2.23. The summed E-state index contributed by atoms with van der Waals surface area (Å²) in [6, 6.07) is 15.3. The number of fused-ring (bicyclic) bond motifs is 2. The van der Waals surface area contributed by atoms with Crippen molar-refractivity contribution in [3.63, 3.8) is 0 Å². The number of hydrogen-bond acceptors (Lipinski definition) is 0. The van der Waals surface area contributed by atoms with Gasteiger partial charge in [-0.05, 0) is 77.8 Å². The van der Waals surface area contributed by atoms with E-state index in [4.69, 9.17) is 0 Å². The van der Waals surface area contributed by atoms with E-state index in [0.29, 0.717) is 0 Å². The van der Waals surface area contributed by atoms with Crippen LogP contribution in [0.4, 0.5) is 8.78 Å². The molecular formula is C27H30F2. The van der Waals surface area contributed by atoms with E-state index in [2.05, 4.69) is 25.1 Å². The number of unbranched alkanes of at least 4 members (excludes halogenated alkanes) is 4. The lowest BCUT2D eigenvalue weighted by molar-refractivity contribution is 0.535. The lowest BCUT2D eigenvalue weighted by Crippen LogP contribution is -2.14. The minimum Gasteiger partial charge on any atom is -0.207 e. The first-order chi connectivity index (χ1) is 14.2. The third-order valence-electron chi connectivity index (χ3n) is 6.45. The predicted molar refractivity (Wildman–Crippen MR) is 118 cm³/mol. The van der Waals surface area contributed by atoms with E-state index in [0.717, 1.165) is 53.1 Å². The van der Waals surface area contributed by atoms with Crippen LogP contribution in [0.1, 0.15) is 73.6 Å². The minimum absolute atomic E-state index is 0.0763. The summed E-state index contributed by atoms with van der Waals surface area (Å²) < 4.78 is 28.8. The fourth-order valence-corrected chi connectivity index (χ4v) is 4.75. The number of hydrogen-bond donors (Lipinski definition) is 0. The standard InChI is InChI=1S/C27H30F2/c1-2-3-4-5-6-7-19-8-14-25-22(16-19)12-15-26(27(25)29)23-10-9-21-18-24(28)13-11-20(21)17-23/h8,11-16,18,23H,2-7,9-10,17H2,1H3. The minimum atomic E-state index is -0.180. The second kappa shape index (κ2) is 9.07. The van der Waals surface area contributed by atoms with Crippen LogP contribution in [0.3, 0.4) is 0 Å². The monoisotopic (exact) mass is 392 g/mol. The van der Waals surface area contributed by atoms with E-state index in [1.165, 1.54) is 43.7 Å². The molecule has 0 bridgehead atoms. The van der Waals surface area contributed by atoms with Gasteiger partial charge in [0.2, 0.25) is 0 Å². The van der Waals surface area contributed by atoms with Crippen molar-refractivity contribution in [2.75, 3.05) is 0 Å². The summed E-state index contributed by atoms with van der Waals surface area (Å²) >= 11 is 0. The highest BCUT2D eigenvalue weighted by Crippen LogP contribution is 2.36. The Hall–Kier alpha value is -2.22. The Bertz CT molecular complexity index is 989. The van der Waals surface area contributed by atoms with E-state index in [1.807, 2.05) is 18.2 Å². The van der Waals surface area contributed by atoms with Gasteiger partial charge in [-0.2, -0.15) is 0 Å². The summed E-state index contributed by atoms with van der Waals surface area (Å²) in [6.07, 6.45) is 9.89. The third-order valence-corrected chi connectivity index (χ3v) is 6.45. The fraction of sp³-hybridized carbons (Fsp3) is 0.407. The van der Waals surface area contributed by atoms with Gasteiger partial charge in [0.15, 0.2) is 0 Å². The SMILES string of the molecule is CCCCCCCc1ccc2c(F)c(C3CCc4cc(F)ccc4C3)ccc2c1. The van der Waals surface area contributed by atoms with Crippen molar-refractivity contribution in [2.45, 2.75) is 70.6 Å². The molecule has 1 atom stereocenters. The Morgan fingerprint density at radius 1 is 0.862 bits per heavy atom. The van der Waals surface area contributed by atoms with Crippen molar-refractivity contribution >= 4 is 10.8 Å². The Morgan fingerprint density at radius 3 is 2.59 bits per heavy atom. The molecule has 0 saturated heterocycles. The van der Waals surface area contributed by atoms with Gasteiger partial charge in [-0.15, -0.1) is 0 Å². The number of benzene rings is 3. The quantitative estimate of drug-likeness (QED) is 0.358. The van der Waals surface area contributed by atoms with Crippen molar-refractivity contribution in [3.05, 3.63) is 82.4 Å². The smallest absolute Gasteiger partial charge is 0.134 e. The zero-order valence-electron chi connectivity index (χ0n) is 17.3. The van der Waals surface area contributed by atoms with Gasteiger partial charge in [0, 0.05) is 5.39 Å². The van der Waals surface area contributed by atoms with Gasteiger partial charge in [0.25, 0.3) is 0 Å². The molecule has 2 heteroatoms. The van der Waals surface area contributed by atoms with E-state index in [-0.39, 0.29) is 17.6 Å². The lowest BCUT2D eigenvalue weighted by atomic mass is 9.79. The summed E-state index contributed by atoms with van der Waals surface area (Å²) in [6.45, 7) is 2.23. The molecule has 0 radical (unpaired) electrons. The van der Waals surface area contributed by atoms with Crippen LogP contribution in [0.25, 0.3) is 10.8 Å². The number of halogens is 2. The van der Waals surface area contributed by atoms with Crippen LogP contribution in [-0.2, 0) is 19.3 Å². The molecule has 4 rings (SSSR count). The predicted octanol–water partition coefficient (Wildman–Crippen LogP) is 7.90. The highest BCUT2D eigenvalue weighted by molar-refractivity contribution is 5.84. The van der Waals surface area contributed by atoms with Crippen LogP contribution in [0, 0.1) is 11.6 Å². The summed E-state index contributed by atoms with van der Waals surface area (Å²) in [5, 5.41) is 1.72. The average molecular weight is 393 g/mol. The van der Waals surface area contributed by atoms with Gasteiger partial charge in [-0.3, -0.25) is 0 Å². The molecule has 0 fully saturated rings. The zero-order chi connectivity index (χ0) is 20.2. The van der Waals surface area contributed by atoms with Crippen molar-refractivity contribution in [1.29, 1.82) is 0 Å². The largest absolute Gasteiger partial charge is 0.207 e. The molecule has 29 heavy (non-hydrogen) atoms. The van der Waals surface area contributed by atoms with Crippen LogP contribution >= 0.6 is 0 Å². The first kappa shape index (κ1) is 20.1. The van der Waals surface area contributed by atoms with Crippen LogP contribution in [0.15, 0.2) is 48.5 Å². The van der Waals surface area contributed by atoms with Gasteiger partial charge in [0.1, 0.15) is 11.6 Å². The second-order valence-electron chi connectivity index (χ2n) is 8.54. The topological polar surface area (TPSA) is 0 Å². The van der Waals surface area contributed by atoms with Gasteiger partial charge in [0.05, 0.1) is 0 Å². The molecule has 0 aliphatic heterocycles. The van der Waals surface area contributed by atoms with E-state index in [9.17, 15) is 4.39 Å².